The molecule has 112 valence electrons. The molecule has 4 nitrogen and oxygen atoms in total. The molecule has 2 rings (SSSR count). The Labute approximate surface area is 125 Å². The Hall–Kier alpha value is -0.940. The molecule has 1 aromatic heterocycles. The zero-order valence-electron chi connectivity index (χ0n) is 12.7. The molecule has 1 aliphatic carbocycles. The van der Waals surface area contributed by atoms with E-state index in [2.05, 4.69) is 36.5 Å². The summed E-state index contributed by atoms with van der Waals surface area (Å²) in [4.78, 5) is 16.7. The van der Waals surface area contributed by atoms with Gasteiger partial charge in [-0.3, -0.25) is 4.79 Å². The molecule has 1 aliphatic rings. The van der Waals surface area contributed by atoms with E-state index in [0.29, 0.717) is 6.54 Å². The van der Waals surface area contributed by atoms with Crippen molar-refractivity contribution in [3.63, 3.8) is 0 Å². The summed E-state index contributed by atoms with van der Waals surface area (Å²) in [5.41, 5.74) is 6.70. The van der Waals surface area contributed by atoms with Crippen molar-refractivity contribution in [1.29, 1.82) is 0 Å². The second-order valence-electron chi connectivity index (χ2n) is 6.75. The Balaban J connectivity index is 1.81. The van der Waals surface area contributed by atoms with Gasteiger partial charge in [0, 0.05) is 23.8 Å². The SMILES string of the molecule is CC(C)(C)c1csc(CCNC(=O)C2(N)CCCC2)n1. The van der Waals surface area contributed by atoms with Crippen molar-refractivity contribution in [1.82, 2.24) is 10.3 Å². The molecule has 0 aliphatic heterocycles. The van der Waals surface area contributed by atoms with Gasteiger partial charge in [0.15, 0.2) is 0 Å². The maximum atomic E-state index is 12.1. The molecule has 0 atom stereocenters. The highest BCUT2D eigenvalue weighted by atomic mass is 32.1. The summed E-state index contributed by atoms with van der Waals surface area (Å²) in [7, 11) is 0. The van der Waals surface area contributed by atoms with Crippen molar-refractivity contribution in [2.24, 2.45) is 5.73 Å². The zero-order chi connectivity index (χ0) is 14.8. The molecule has 0 saturated heterocycles. The first-order chi connectivity index (χ1) is 9.31. The molecule has 5 heteroatoms. The second-order valence-corrected chi connectivity index (χ2v) is 7.69. The molecular weight excluding hydrogens is 270 g/mol. The Bertz CT molecular complexity index is 470. The molecule has 0 aromatic carbocycles. The maximum Gasteiger partial charge on any atom is 0.240 e. The van der Waals surface area contributed by atoms with Crippen molar-refractivity contribution in [2.45, 2.75) is 63.8 Å². The van der Waals surface area contributed by atoms with Gasteiger partial charge < -0.3 is 11.1 Å². The fourth-order valence-electron chi connectivity index (χ4n) is 2.46. The second kappa shape index (κ2) is 5.82. The Kier molecular flexibility index (Phi) is 4.49. The highest BCUT2D eigenvalue weighted by Gasteiger charge is 2.36. The lowest BCUT2D eigenvalue weighted by molar-refractivity contribution is -0.126. The Morgan fingerprint density at radius 1 is 1.45 bits per heavy atom. The van der Waals surface area contributed by atoms with Gasteiger partial charge in [-0.15, -0.1) is 11.3 Å². The molecule has 1 fully saturated rings. The molecule has 3 N–H and O–H groups in total. The first kappa shape index (κ1) is 15.4. The van der Waals surface area contributed by atoms with Gasteiger partial charge in [-0.1, -0.05) is 33.6 Å². The van der Waals surface area contributed by atoms with Crippen LogP contribution in [0.3, 0.4) is 0 Å². The van der Waals surface area contributed by atoms with Gasteiger partial charge >= 0.3 is 0 Å². The van der Waals surface area contributed by atoms with E-state index in [1.165, 1.54) is 0 Å². The lowest BCUT2D eigenvalue weighted by atomic mass is 9.93. The van der Waals surface area contributed by atoms with Gasteiger partial charge in [0.25, 0.3) is 0 Å². The van der Waals surface area contributed by atoms with Crippen LogP contribution in [0.25, 0.3) is 0 Å². The summed E-state index contributed by atoms with van der Waals surface area (Å²) in [6.45, 7) is 7.10. The normalized spacial score (nSPS) is 18.2. The maximum absolute atomic E-state index is 12.1. The number of hydrogen-bond acceptors (Lipinski definition) is 4. The van der Waals surface area contributed by atoms with Crippen LogP contribution in [0, 0.1) is 0 Å². The van der Waals surface area contributed by atoms with Gasteiger partial charge in [0.05, 0.1) is 16.2 Å². The molecule has 1 aromatic rings. The number of hydrogen-bond donors (Lipinski definition) is 2. The van der Waals surface area contributed by atoms with E-state index in [1.54, 1.807) is 11.3 Å². The van der Waals surface area contributed by atoms with Crippen molar-refractivity contribution in [2.75, 3.05) is 6.54 Å². The van der Waals surface area contributed by atoms with E-state index < -0.39 is 5.54 Å². The van der Waals surface area contributed by atoms with Crippen LogP contribution in [0.15, 0.2) is 5.38 Å². The highest BCUT2D eigenvalue weighted by molar-refractivity contribution is 7.09. The predicted octanol–water partition coefficient (Wildman–Crippen LogP) is 2.37. The number of carbonyl (C=O) groups excluding carboxylic acids is 1. The number of thiazole rings is 1. The third-order valence-electron chi connectivity index (χ3n) is 3.89. The molecule has 1 saturated carbocycles. The molecule has 1 amide bonds. The van der Waals surface area contributed by atoms with Gasteiger partial charge in [-0.25, -0.2) is 4.98 Å². The zero-order valence-corrected chi connectivity index (χ0v) is 13.5. The Morgan fingerprint density at radius 3 is 2.65 bits per heavy atom. The van der Waals surface area contributed by atoms with Crippen molar-refractivity contribution in [3.05, 3.63) is 16.1 Å². The average Bonchev–Trinajstić information content (AvgIpc) is 2.98. The summed E-state index contributed by atoms with van der Waals surface area (Å²) in [6.07, 6.45) is 4.52. The van der Waals surface area contributed by atoms with Crippen LogP contribution in [0.1, 0.15) is 57.2 Å². The first-order valence-electron chi connectivity index (χ1n) is 7.33. The minimum Gasteiger partial charge on any atom is -0.354 e. The smallest absolute Gasteiger partial charge is 0.240 e. The van der Waals surface area contributed by atoms with Gasteiger partial charge in [-0.05, 0) is 12.8 Å². The molecular formula is C15H25N3OS. The fourth-order valence-corrected chi connectivity index (χ4v) is 3.49. The van der Waals surface area contributed by atoms with Crippen LogP contribution in [0.5, 0.6) is 0 Å². The van der Waals surface area contributed by atoms with Crippen LogP contribution in [0.2, 0.25) is 0 Å². The number of carbonyl (C=O) groups is 1. The molecule has 0 spiro atoms. The first-order valence-corrected chi connectivity index (χ1v) is 8.21. The molecule has 0 unspecified atom stereocenters. The molecule has 20 heavy (non-hydrogen) atoms. The van der Waals surface area contributed by atoms with Crippen molar-refractivity contribution in [3.8, 4) is 0 Å². The summed E-state index contributed by atoms with van der Waals surface area (Å²) in [6, 6.07) is 0. The lowest BCUT2D eigenvalue weighted by Gasteiger charge is -2.22. The Morgan fingerprint density at radius 2 is 2.10 bits per heavy atom. The van der Waals surface area contributed by atoms with Crippen LogP contribution in [0.4, 0.5) is 0 Å². The minimum absolute atomic E-state index is 0.00241. The summed E-state index contributed by atoms with van der Waals surface area (Å²) < 4.78 is 0. The fraction of sp³-hybridized carbons (Fsp3) is 0.733. The number of rotatable bonds is 4. The van der Waals surface area contributed by atoms with Gasteiger partial charge in [0.2, 0.25) is 5.91 Å². The van der Waals surface area contributed by atoms with Gasteiger partial charge in [-0.2, -0.15) is 0 Å². The quantitative estimate of drug-likeness (QED) is 0.896. The van der Waals surface area contributed by atoms with Crippen LogP contribution < -0.4 is 11.1 Å². The standard InChI is InChI=1S/C15H25N3OS/c1-14(2,3)11-10-20-12(18-11)6-9-17-13(19)15(16)7-4-5-8-15/h10H,4-9,16H2,1-3H3,(H,17,19). The van der Waals surface area contributed by atoms with E-state index in [0.717, 1.165) is 42.8 Å². The molecule has 0 bridgehead atoms. The predicted molar refractivity (Wildman–Crippen MR) is 82.9 cm³/mol. The molecule has 0 radical (unpaired) electrons. The summed E-state index contributed by atoms with van der Waals surface area (Å²) >= 11 is 1.67. The number of amides is 1. The van der Waals surface area contributed by atoms with Gasteiger partial charge in [0.1, 0.15) is 0 Å². The highest BCUT2D eigenvalue weighted by Crippen LogP contribution is 2.27. The topological polar surface area (TPSA) is 68.0 Å². The van der Waals surface area contributed by atoms with E-state index in [-0.39, 0.29) is 11.3 Å². The van der Waals surface area contributed by atoms with E-state index >= 15 is 0 Å². The van der Waals surface area contributed by atoms with Crippen molar-refractivity contribution >= 4 is 17.2 Å². The monoisotopic (exact) mass is 295 g/mol. The average molecular weight is 295 g/mol. The number of nitrogens with zero attached hydrogens (tertiary/aromatic N) is 1. The van der Waals surface area contributed by atoms with Crippen LogP contribution >= 0.6 is 11.3 Å². The minimum atomic E-state index is -0.626. The number of nitrogens with two attached hydrogens (primary N) is 1. The number of aromatic nitrogens is 1. The van der Waals surface area contributed by atoms with Crippen molar-refractivity contribution < 1.29 is 4.79 Å². The van der Waals surface area contributed by atoms with Crippen LogP contribution in [-0.4, -0.2) is 23.0 Å². The third-order valence-corrected chi connectivity index (χ3v) is 4.80. The van der Waals surface area contributed by atoms with E-state index in [1.807, 2.05) is 0 Å². The van der Waals surface area contributed by atoms with Crippen LogP contribution in [-0.2, 0) is 16.6 Å². The third kappa shape index (κ3) is 3.58. The molecule has 1 heterocycles. The van der Waals surface area contributed by atoms with E-state index in [9.17, 15) is 4.79 Å². The largest absolute Gasteiger partial charge is 0.354 e. The van der Waals surface area contributed by atoms with E-state index in [4.69, 9.17) is 5.73 Å². The lowest BCUT2D eigenvalue weighted by Crippen LogP contribution is -2.52. The summed E-state index contributed by atoms with van der Waals surface area (Å²) in [5.74, 6) is 0.00241. The number of nitrogens with one attached hydrogen (secondary N) is 1. The summed E-state index contributed by atoms with van der Waals surface area (Å²) in [5, 5.41) is 6.15.